The normalized spacial score (nSPS) is 21.9. The fourth-order valence-corrected chi connectivity index (χ4v) is 1.91. The Hall–Kier alpha value is -1.64. The van der Waals surface area contributed by atoms with Crippen LogP contribution in [0.2, 0.25) is 0 Å². The molecule has 0 saturated carbocycles. The van der Waals surface area contributed by atoms with Crippen molar-refractivity contribution in [2.24, 2.45) is 0 Å². The highest BCUT2D eigenvalue weighted by atomic mass is 16.2. The van der Waals surface area contributed by atoms with Crippen molar-refractivity contribution in [1.82, 2.24) is 4.90 Å². The largest absolute Gasteiger partial charge is 0.285 e. The van der Waals surface area contributed by atoms with Crippen LogP contribution in [0.4, 0.5) is 0 Å². The molecule has 15 heavy (non-hydrogen) atoms. The van der Waals surface area contributed by atoms with Crippen LogP contribution in [0.25, 0.3) is 0 Å². The van der Waals surface area contributed by atoms with Crippen molar-refractivity contribution in [3.05, 3.63) is 35.9 Å². The van der Waals surface area contributed by atoms with Crippen LogP contribution < -0.4 is 0 Å². The number of hydrogen-bond acceptors (Lipinski definition) is 2. The summed E-state index contributed by atoms with van der Waals surface area (Å²) in [5, 5.41) is 0. The molecule has 1 heterocycles. The van der Waals surface area contributed by atoms with Crippen LogP contribution in [0.1, 0.15) is 24.3 Å². The minimum absolute atomic E-state index is 0.0767. The number of piperidine rings is 1. The summed E-state index contributed by atoms with van der Waals surface area (Å²) in [4.78, 5) is 24.4. The molecule has 2 rings (SSSR count). The zero-order valence-electron chi connectivity index (χ0n) is 8.64. The number of likely N-dealkylation sites (N-methyl/N-ethyl adjacent to an activating group) is 1. The predicted molar refractivity (Wildman–Crippen MR) is 56.2 cm³/mol. The van der Waals surface area contributed by atoms with E-state index in [2.05, 4.69) is 0 Å². The molecule has 1 aliphatic heterocycles. The van der Waals surface area contributed by atoms with Crippen LogP contribution in [0.5, 0.6) is 0 Å². The minimum Gasteiger partial charge on any atom is -0.285 e. The number of imide groups is 1. The van der Waals surface area contributed by atoms with Crippen LogP contribution in [-0.4, -0.2) is 23.8 Å². The van der Waals surface area contributed by atoms with Gasteiger partial charge in [-0.25, -0.2) is 0 Å². The van der Waals surface area contributed by atoms with Crippen molar-refractivity contribution >= 4 is 11.8 Å². The van der Waals surface area contributed by atoms with E-state index in [9.17, 15) is 9.59 Å². The van der Waals surface area contributed by atoms with Gasteiger partial charge >= 0.3 is 0 Å². The number of amides is 2. The zero-order valence-corrected chi connectivity index (χ0v) is 8.64. The maximum atomic E-state index is 11.8. The molecule has 0 spiro atoms. The van der Waals surface area contributed by atoms with E-state index in [4.69, 9.17) is 0 Å². The summed E-state index contributed by atoms with van der Waals surface area (Å²) in [6, 6.07) is 9.63. The molecule has 2 amide bonds. The molecule has 3 nitrogen and oxygen atoms in total. The number of likely N-dealkylation sites (tertiary alicyclic amines) is 1. The van der Waals surface area contributed by atoms with E-state index in [1.807, 2.05) is 30.3 Å². The maximum Gasteiger partial charge on any atom is 0.236 e. The first-order valence-electron chi connectivity index (χ1n) is 5.05. The van der Waals surface area contributed by atoms with Gasteiger partial charge in [0.2, 0.25) is 11.8 Å². The van der Waals surface area contributed by atoms with Gasteiger partial charge in [-0.1, -0.05) is 30.3 Å². The van der Waals surface area contributed by atoms with Gasteiger partial charge in [0.15, 0.2) is 0 Å². The third-order valence-corrected chi connectivity index (χ3v) is 2.85. The topological polar surface area (TPSA) is 37.4 Å². The maximum absolute atomic E-state index is 11.8. The number of nitrogens with zero attached hydrogens (tertiary/aromatic N) is 1. The van der Waals surface area contributed by atoms with E-state index in [1.165, 1.54) is 4.90 Å². The third kappa shape index (κ3) is 1.77. The molecule has 1 aromatic rings. The molecule has 1 saturated heterocycles. The highest BCUT2D eigenvalue weighted by Gasteiger charge is 2.32. The van der Waals surface area contributed by atoms with E-state index in [-0.39, 0.29) is 17.7 Å². The van der Waals surface area contributed by atoms with Crippen molar-refractivity contribution < 1.29 is 9.59 Å². The molecule has 1 unspecified atom stereocenters. The first kappa shape index (κ1) is 9.90. The standard InChI is InChI=1S/C12H13NO2/c1-13-11(14)8-7-10(12(13)15)9-5-3-2-4-6-9/h2-6,10H,7-8H2,1H3. The summed E-state index contributed by atoms with van der Waals surface area (Å²) in [7, 11) is 1.56. The van der Waals surface area contributed by atoms with Crippen LogP contribution in [0.15, 0.2) is 30.3 Å². The molecule has 0 radical (unpaired) electrons. The van der Waals surface area contributed by atoms with E-state index < -0.39 is 0 Å². The first-order valence-corrected chi connectivity index (χ1v) is 5.05. The Morgan fingerprint density at radius 1 is 1.20 bits per heavy atom. The minimum atomic E-state index is -0.145. The number of hydrogen-bond donors (Lipinski definition) is 0. The molecular formula is C12H13NO2. The quantitative estimate of drug-likeness (QED) is 0.649. The molecule has 0 aromatic heterocycles. The van der Waals surface area contributed by atoms with E-state index in [0.717, 1.165) is 5.56 Å². The van der Waals surface area contributed by atoms with Crippen molar-refractivity contribution in [1.29, 1.82) is 0 Å². The van der Waals surface area contributed by atoms with Gasteiger partial charge in [0.1, 0.15) is 0 Å². The summed E-state index contributed by atoms with van der Waals surface area (Å²) >= 11 is 0. The Bertz CT molecular complexity index is 386. The summed E-state index contributed by atoms with van der Waals surface area (Å²) in [5.74, 6) is -0.307. The monoisotopic (exact) mass is 203 g/mol. The van der Waals surface area contributed by atoms with Gasteiger partial charge in [-0.3, -0.25) is 14.5 Å². The Morgan fingerprint density at radius 3 is 2.53 bits per heavy atom. The van der Waals surface area contributed by atoms with E-state index >= 15 is 0 Å². The summed E-state index contributed by atoms with van der Waals surface area (Å²) in [6.45, 7) is 0. The first-order chi connectivity index (χ1) is 7.20. The Morgan fingerprint density at radius 2 is 1.87 bits per heavy atom. The van der Waals surface area contributed by atoms with Gasteiger partial charge in [0.05, 0.1) is 5.92 Å². The van der Waals surface area contributed by atoms with Gasteiger partial charge in [0.25, 0.3) is 0 Å². The van der Waals surface area contributed by atoms with Crippen LogP contribution >= 0.6 is 0 Å². The van der Waals surface area contributed by atoms with Gasteiger partial charge in [0, 0.05) is 13.5 Å². The van der Waals surface area contributed by atoms with Gasteiger partial charge in [-0.15, -0.1) is 0 Å². The SMILES string of the molecule is CN1C(=O)CCC(c2ccccc2)C1=O. The molecule has 1 atom stereocenters. The molecule has 78 valence electrons. The van der Waals surface area contributed by atoms with Crippen molar-refractivity contribution in [3.63, 3.8) is 0 Å². The van der Waals surface area contributed by atoms with Gasteiger partial charge in [-0.2, -0.15) is 0 Å². The highest BCUT2D eigenvalue weighted by Crippen LogP contribution is 2.27. The molecule has 0 bridgehead atoms. The average molecular weight is 203 g/mol. The molecule has 1 aliphatic rings. The lowest BCUT2D eigenvalue weighted by atomic mass is 9.90. The summed E-state index contributed by atoms with van der Waals surface area (Å²) < 4.78 is 0. The molecule has 0 N–H and O–H groups in total. The van der Waals surface area contributed by atoms with Gasteiger partial charge in [-0.05, 0) is 12.0 Å². The zero-order chi connectivity index (χ0) is 10.8. The number of carbonyl (C=O) groups is 2. The molecule has 1 fully saturated rings. The van der Waals surface area contributed by atoms with Crippen molar-refractivity contribution in [2.75, 3.05) is 7.05 Å². The van der Waals surface area contributed by atoms with Crippen LogP contribution in [-0.2, 0) is 9.59 Å². The second-order valence-electron chi connectivity index (χ2n) is 3.79. The summed E-state index contributed by atoms with van der Waals surface area (Å²) in [6.07, 6.45) is 1.09. The lowest BCUT2D eigenvalue weighted by molar-refractivity contribution is -0.147. The highest BCUT2D eigenvalue weighted by molar-refractivity contribution is 6.00. The lowest BCUT2D eigenvalue weighted by Gasteiger charge is -2.27. The molecule has 0 aliphatic carbocycles. The molecular weight excluding hydrogens is 190 g/mol. The van der Waals surface area contributed by atoms with Crippen LogP contribution in [0.3, 0.4) is 0 Å². The number of benzene rings is 1. The lowest BCUT2D eigenvalue weighted by Crippen LogP contribution is -2.41. The smallest absolute Gasteiger partial charge is 0.236 e. The van der Waals surface area contributed by atoms with Crippen molar-refractivity contribution in [2.45, 2.75) is 18.8 Å². The second-order valence-corrected chi connectivity index (χ2v) is 3.79. The van der Waals surface area contributed by atoms with Crippen LogP contribution in [0, 0.1) is 0 Å². The predicted octanol–water partition coefficient (Wildman–Crippen LogP) is 1.55. The number of rotatable bonds is 1. The second kappa shape index (κ2) is 3.85. The van der Waals surface area contributed by atoms with E-state index in [0.29, 0.717) is 12.8 Å². The fourth-order valence-electron chi connectivity index (χ4n) is 1.91. The molecule has 1 aromatic carbocycles. The fraction of sp³-hybridized carbons (Fsp3) is 0.333. The average Bonchev–Trinajstić information content (AvgIpc) is 2.27. The van der Waals surface area contributed by atoms with Crippen molar-refractivity contribution in [3.8, 4) is 0 Å². The van der Waals surface area contributed by atoms with E-state index in [1.54, 1.807) is 7.05 Å². The Balaban J connectivity index is 2.25. The van der Waals surface area contributed by atoms with Gasteiger partial charge < -0.3 is 0 Å². The number of carbonyl (C=O) groups excluding carboxylic acids is 2. The molecule has 3 heteroatoms. The third-order valence-electron chi connectivity index (χ3n) is 2.85. The Labute approximate surface area is 88.7 Å². The summed E-state index contributed by atoms with van der Waals surface area (Å²) in [5.41, 5.74) is 1.00. The Kier molecular flexibility index (Phi) is 2.54.